The number of sulfonamides is 1. The summed E-state index contributed by atoms with van der Waals surface area (Å²) in [7, 11) is -3.65. The fraction of sp³-hybridized carbons (Fsp3) is 0.316. The van der Waals surface area contributed by atoms with Crippen LogP contribution < -0.4 is 9.62 Å². The second-order valence-electron chi connectivity index (χ2n) is 6.27. The zero-order valence-electron chi connectivity index (χ0n) is 15.4. The summed E-state index contributed by atoms with van der Waals surface area (Å²) in [5.41, 5.74) is 2.15. The minimum Gasteiger partial charge on any atom is -0.350 e. The van der Waals surface area contributed by atoms with Gasteiger partial charge in [-0.15, -0.1) is 0 Å². The van der Waals surface area contributed by atoms with Gasteiger partial charge in [0.25, 0.3) is 0 Å². The van der Waals surface area contributed by atoms with E-state index in [9.17, 15) is 13.2 Å². The molecule has 2 aromatic carbocycles. The average molecular weight is 429 g/mol. The van der Waals surface area contributed by atoms with E-state index < -0.39 is 22.0 Å². The zero-order valence-corrected chi connectivity index (χ0v) is 17.7. The van der Waals surface area contributed by atoms with Crippen LogP contribution in [0, 0.1) is 6.92 Å². The lowest BCUT2D eigenvalue weighted by Gasteiger charge is -2.30. The normalized spacial score (nSPS) is 12.5. The number of amides is 1. The van der Waals surface area contributed by atoms with Gasteiger partial charge >= 0.3 is 0 Å². The Morgan fingerprint density at radius 2 is 1.78 bits per heavy atom. The summed E-state index contributed by atoms with van der Waals surface area (Å²) in [6.45, 7) is 3.86. The second kappa shape index (κ2) is 8.95. The number of nitrogens with one attached hydrogen (secondary N) is 1. The summed E-state index contributed by atoms with van der Waals surface area (Å²) in [5, 5.41) is 3.71. The van der Waals surface area contributed by atoms with Crippen molar-refractivity contribution >= 4 is 44.8 Å². The highest BCUT2D eigenvalue weighted by Gasteiger charge is 2.31. The summed E-state index contributed by atoms with van der Waals surface area (Å²) in [5.74, 6) is -0.394. The van der Waals surface area contributed by atoms with E-state index in [0.29, 0.717) is 27.7 Å². The molecule has 5 nitrogen and oxygen atoms in total. The van der Waals surface area contributed by atoms with Gasteiger partial charge in [-0.05, 0) is 43.2 Å². The Morgan fingerprint density at radius 3 is 2.30 bits per heavy atom. The molecule has 27 heavy (non-hydrogen) atoms. The quantitative estimate of drug-likeness (QED) is 0.719. The zero-order chi connectivity index (χ0) is 20.2. The number of anilines is 1. The first-order chi connectivity index (χ1) is 12.6. The van der Waals surface area contributed by atoms with Crippen molar-refractivity contribution in [2.75, 3.05) is 10.6 Å². The van der Waals surface area contributed by atoms with Crippen LogP contribution in [0.1, 0.15) is 24.5 Å². The van der Waals surface area contributed by atoms with E-state index in [1.807, 2.05) is 19.1 Å². The minimum atomic E-state index is -3.65. The number of carbonyl (C=O) groups is 1. The van der Waals surface area contributed by atoms with E-state index in [1.165, 1.54) is 0 Å². The molecule has 8 heteroatoms. The molecule has 0 fully saturated rings. The standard InChI is InChI=1S/C19H22Cl2N2O3S/c1-4-18(19(24)22-12-14-7-8-15(20)11-17(14)21)23(27(3,25)26)16-9-5-13(2)6-10-16/h5-11,18H,4,12H2,1-3H3,(H,22,24)/t18-/m0/s1. The highest BCUT2D eigenvalue weighted by Crippen LogP contribution is 2.24. The van der Waals surface area contributed by atoms with Gasteiger partial charge in [0.05, 0.1) is 11.9 Å². The van der Waals surface area contributed by atoms with Gasteiger partial charge in [-0.1, -0.05) is 53.9 Å². The topological polar surface area (TPSA) is 66.5 Å². The highest BCUT2D eigenvalue weighted by molar-refractivity contribution is 7.92. The number of benzene rings is 2. The van der Waals surface area contributed by atoms with Gasteiger partial charge < -0.3 is 5.32 Å². The summed E-state index contributed by atoms with van der Waals surface area (Å²) in [6.07, 6.45) is 1.42. The van der Waals surface area contributed by atoms with E-state index in [1.54, 1.807) is 37.3 Å². The molecule has 0 radical (unpaired) electrons. The molecule has 146 valence electrons. The summed E-state index contributed by atoms with van der Waals surface area (Å²) < 4.78 is 26.0. The van der Waals surface area contributed by atoms with Crippen molar-refractivity contribution in [3.05, 3.63) is 63.6 Å². The fourth-order valence-corrected chi connectivity index (χ4v) is 4.40. The predicted octanol–water partition coefficient (Wildman–Crippen LogP) is 4.16. The molecule has 1 amide bonds. The molecule has 2 aromatic rings. The third-order valence-corrected chi connectivity index (χ3v) is 5.85. The number of carbonyl (C=O) groups excluding carboxylic acids is 1. The van der Waals surface area contributed by atoms with Crippen molar-refractivity contribution in [1.29, 1.82) is 0 Å². The SMILES string of the molecule is CC[C@@H](C(=O)NCc1ccc(Cl)cc1Cl)N(c1ccc(C)cc1)S(C)(=O)=O. The third kappa shape index (κ3) is 5.61. The van der Waals surface area contributed by atoms with Gasteiger partial charge in [0, 0.05) is 16.6 Å². The van der Waals surface area contributed by atoms with E-state index in [0.717, 1.165) is 16.1 Å². The van der Waals surface area contributed by atoms with Crippen molar-refractivity contribution in [1.82, 2.24) is 5.32 Å². The van der Waals surface area contributed by atoms with Crippen molar-refractivity contribution in [3.63, 3.8) is 0 Å². The number of aryl methyl sites for hydroxylation is 1. The second-order valence-corrected chi connectivity index (χ2v) is 8.98. The van der Waals surface area contributed by atoms with Gasteiger partial charge in [0.2, 0.25) is 15.9 Å². The predicted molar refractivity (Wildman–Crippen MR) is 111 cm³/mol. The van der Waals surface area contributed by atoms with Crippen molar-refractivity contribution in [2.24, 2.45) is 0 Å². The molecule has 0 bridgehead atoms. The van der Waals surface area contributed by atoms with Crippen molar-refractivity contribution in [2.45, 2.75) is 32.9 Å². The van der Waals surface area contributed by atoms with Crippen LogP contribution in [0.25, 0.3) is 0 Å². The summed E-state index contributed by atoms with van der Waals surface area (Å²) >= 11 is 12.0. The van der Waals surface area contributed by atoms with Gasteiger partial charge in [0.15, 0.2) is 0 Å². The maximum absolute atomic E-state index is 12.8. The molecule has 0 unspecified atom stereocenters. The molecule has 1 atom stereocenters. The van der Waals surface area contributed by atoms with Crippen LogP contribution in [0.15, 0.2) is 42.5 Å². The Hall–Kier alpha value is -1.76. The first-order valence-electron chi connectivity index (χ1n) is 8.41. The molecule has 0 saturated carbocycles. The molecule has 0 aromatic heterocycles. The van der Waals surface area contributed by atoms with Gasteiger partial charge in [0.1, 0.15) is 6.04 Å². The monoisotopic (exact) mass is 428 g/mol. The van der Waals surface area contributed by atoms with Crippen molar-refractivity contribution in [3.8, 4) is 0 Å². The molecular formula is C19H22Cl2N2O3S. The van der Waals surface area contributed by atoms with Crippen molar-refractivity contribution < 1.29 is 13.2 Å². The Balaban J connectivity index is 2.25. The van der Waals surface area contributed by atoms with Crippen LogP contribution in [0.3, 0.4) is 0 Å². The Labute approximate surface area is 170 Å². The number of nitrogens with zero attached hydrogens (tertiary/aromatic N) is 1. The number of hydrogen-bond acceptors (Lipinski definition) is 3. The van der Waals surface area contributed by atoms with Crippen LogP contribution in [-0.4, -0.2) is 26.6 Å². The maximum atomic E-state index is 12.8. The van der Waals surface area contributed by atoms with E-state index >= 15 is 0 Å². The van der Waals surface area contributed by atoms with Crippen LogP contribution >= 0.6 is 23.2 Å². The van der Waals surface area contributed by atoms with Crippen LogP contribution in [0.5, 0.6) is 0 Å². The fourth-order valence-electron chi connectivity index (χ4n) is 2.72. The number of hydrogen-bond donors (Lipinski definition) is 1. The summed E-state index contributed by atoms with van der Waals surface area (Å²) in [4.78, 5) is 12.8. The number of halogens is 2. The first kappa shape index (κ1) is 21.5. The molecule has 0 spiro atoms. The lowest BCUT2D eigenvalue weighted by molar-refractivity contribution is -0.122. The molecule has 2 rings (SSSR count). The molecule has 0 aliphatic rings. The van der Waals surface area contributed by atoms with E-state index in [4.69, 9.17) is 23.2 Å². The lowest BCUT2D eigenvalue weighted by atomic mass is 10.1. The van der Waals surface area contributed by atoms with Crippen LogP contribution in [0.2, 0.25) is 10.0 Å². The molecule has 1 N–H and O–H groups in total. The largest absolute Gasteiger partial charge is 0.350 e. The minimum absolute atomic E-state index is 0.177. The molecule has 0 aliphatic carbocycles. The molecular weight excluding hydrogens is 407 g/mol. The molecule has 0 heterocycles. The van der Waals surface area contributed by atoms with Crippen LogP contribution in [-0.2, 0) is 21.4 Å². The van der Waals surface area contributed by atoms with E-state index in [2.05, 4.69) is 5.32 Å². The van der Waals surface area contributed by atoms with Gasteiger partial charge in [-0.2, -0.15) is 0 Å². The lowest BCUT2D eigenvalue weighted by Crippen LogP contribution is -2.49. The molecule has 0 aliphatic heterocycles. The summed E-state index contributed by atoms with van der Waals surface area (Å²) in [6, 6.07) is 11.1. The maximum Gasteiger partial charge on any atom is 0.244 e. The van der Waals surface area contributed by atoms with Gasteiger partial charge in [-0.3, -0.25) is 9.10 Å². The Kier molecular flexibility index (Phi) is 7.14. The average Bonchev–Trinajstić information content (AvgIpc) is 2.58. The Bertz CT molecular complexity index is 915. The smallest absolute Gasteiger partial charge is 0.244 e. The third-order valence-electron chi connectivity index (χ3n) is 4.09. The van der Waals surface area contributed by atoms with Crippen LogP contribution in [0.4, 0.5) is 5.69 Å². The number of rotatable bonds is 7. The molecule has 0 saturated heterocycles. The highest BCUT2D eigenvalue weighted by atomic mass is 35.5. The van der Waals surface area contributed by atoms with Gasteiger partial charge in [-0.25, -0.2) is 8.42 Å². The van der Waals surface area contributed by atoms with E-state index in [-0.39, 0.29) is 6.54 Å². The first-order valence-corrected chi connectivity index (χ1v) is 11.0. The Morgan fingerprint density at radius 1 is 1.15 bits per heavy atom.